The normalized spacial score (nSPS) is 14.6. The van der Waals surface area contributed by atoms with E-state index in [9.17, 15) is 4.79 Å². The van der Waals surface area contributed by atoms with Crippen molar-refractivity contribution in [1.29, 1.82) is 0 Å². The lowest BCUT2D eigenvalue weighted by atomic mass is 10.1. The first-order chi connectivity index (χ1) is 11.3. The van der Waals surface area contributed by atoms with E-state index < -0.39 is 0 Å². The van der Waals surface area contributed by atoms with E-state index in [4.69, 9.17) is 0 Å². The molecule has 120 valence electrons. The number of carbonyl (C=O) groups is 1. The fraction of sp³-hybridized carbons (Fsp3) is 0.389. The van der Waals surface area contributed by atoms with Crippen molar-refractivity contribution >= 4 is 17.5 Å². The first-order valence-corrected chi connectivity index (χ1v) is 8.25. The lowest BCUT2D eigenvalue weighted by molar-refractivity contribution is 0.0718. The molecule has 0 saturated carbocycles. The third-order valence-corrected chi connectivity index (χ3v) is 4.16. The highest BCUT2D eigenvalue weighted by Crippen LogP contribution is 2.19. The average molecular weight is 310 g/mol. The van der Waals surface area contributed by atoms with Crippen molar-refractivity contribution in [3.05, 3.63) is 47.8 Å². The number of hydrogen-bond acceptors (Lipinski definition) is 4. The number of nitrogens with zero attached hydrogens (tertiary/aromatic N) is 3. The largest absolute Gasteiger partial charge is 0.337 e. The highest BCUT2D eigenvalue weighted by molar-refractivity contribution is 5.92. The van der Waals surface area contributed by atoms with Crippen molar-refractivity contribution in [2.45, 2.75) is 32.6 Å². The summed E-state index contributed by atoms with van der Waals surface area (Å²) in [4.78, 5) is 23.1. The number of carbonyl (C=O) groups excluding carboxylic acids is 1. The lowest BCUT2D eigenvalue weighted by Crippen LogP contribution is -2.36. The predicted molar refractivity (Wildman–Crippen MR) is 90.9 cm³/mol. The van der Waals surface area contributed by atoms with Crippen LogP contribution in [0.4, 0.5) is 11.6 Å². The zero-order chi connectivity index (χ0) is 16.1. The number of amides is 1. The van der Waals surface area contributed by atoms with Crippen LogP contribution >= 0.6 is 0 Å². The van der Waals surface area contributed by atoms with Crippen molar-refractivity contribution in [2.24, 2.45) is 0 Å². The van der Waals surface area contributed by atoms with Gasteiger partial charge in [0.25, 0.3) is 5.91 Å². The Kier molecular flexibility index (Phi) is 4.86. The van der Waals surface area contributed by atoms with Crippen LogP contribution in [0.15, 0.2) is 36.5 Å². The highest BCUT2D eigenvalue weighted by Gasteiger charge is 2.19. The van der Waals surface area contributed by atoms with Gasteiger partial charge in [0, 0.05) is 25.0 Å². The van der Waals surface area contributed by atoms with E-state index in [0.717, 1.165) is 38.0 Å². The number of piperidine rings is 1. The molecule has 0 aliphatic carbocycles. The van der Waals surface area contributed by atoms with Gasteiger partial charge in [-0.25, -0.2) is 9.97 Å². The summed E-state index contributed by atoms with van der Waals surface area (Å²) in [6.07, 6.45) is 5.92. The van der Waals surface area contributed by atoms with Gasteiger partial charge in [-0.3, -0.25) is 4.79 Å². The van der Waals surface area contributed by atoms with Gasteiger partial charge in [-0.2, -0.15) is 0 Å². The molecule has 1 aliphatic heterocycles. The SMILES string of the molecule is CCc1ccccc1Nc1nccc(C(=O)N2CCCCC2)n1. The number of hydrogen-bond donors (Lipinski definition) is 1. The molecule has 1 N–H and O–H groups in total. The second-order valence-corrected chi connectivity index (χ2v) is 5.75. The molecule has 23 heavy (non-hydrogen) atoms. The minimum atomic E-state index is -0.000994. The molecule has 5 heteroatoms. The van der Waals surface area contributed by atoms with Gasteiger partial charge < -0.3 is 10.2 Å². The third kappa shape index (κ3) is 3.67. The molecule has 1 aliphatic rings. The monoisotopic (exact) mass is 310 g/mol. The number of benzene rings is 1. The Balaban J connectivity index is 1.78. The fourth-order valence-electron chi connectivity index (χ4n) is 2.87. The second-order valence-electron chi connectivity index (χ2n) is 5.75. The molecule has 5 nitrogen and oxygen atoms in total. The minimum absolute atomic E-state index is 0.000994. The zero-order valence-corrected chi connectivity index (χ0v) is 13.5. The lowest BCUT2D eigenvalue weighted by Gasteiger charge is -2.26. The van der Waals surface area contributed by atoms with Crippen LogP contribution in [0.3, 0.4) is 0 Å². The summed E-state index contributed by atoms with van der Waals surface area (Å²) in [5, 5.41) is 3.23. The van der Waals surface area contributed by atoms with Crippen molar-refractivity contribution < 1.29 is 4.79 Å². The van der Waals surface area contributed by atoms with Gasteiger partial charge in [0.15, 0.2) is 0 Å². The number of likely N-dealkylation sites (tertiary alicyclic amines) is 1. The molecular formula is C18H22N4O. The summed E-state index contributed by atoms with van der Waals surface area (Å²) in [6.45, 7) is 3.76. The maximum absolute atomic E-state index is 12.5. The van der Waals surface area contributed by atoms with Gasteiger partial charge in [0.2, 0.25) is 5.95 Å². The summed E-state index contributed by atoms with van der Waals surface area (Å²) in [5.74, 6) is 0.465. The van der Waals surface area contributed by atoms with Gasteiger partial charge in [0.05, 0.1) is 0 Å². The van der Waals surface area contributed by atoms with Gasteiger partial charge in [-0.1, -0.05) is 25.1 Å². The van der Waals surface area contributed by atoms with Gasteiger partial charge in [0.1, 0.15) is 5.69 Å². The summed E-state index contributed by atoms with van der Waals surface area (Å²) in [6, 6.07) is 9.76. The van der Waals surface area contributed by atoms with E-state index in [1.54, 1.807) is 12.3 Å². The number of para-hydroxylation sites is 1. The molecule has 2 aromatic rings. The number of aryl methyl sites for hydroxylation is 1. The number of aromatic nitrogens is 2. The Morgan fingerprint density at radius 1 is 1.17 bits per heavy atom. The molecule has 0 unspecified atom stereocenters. The second kappa shape index (κ2) is 7.22. The molecule has 0 spiro atoms. The van der Waals surface area contributed by atoms with E-state index in [-0.39, 0.29) is 5.91 Å². The Hall–Kier alpha value is -2.43. The summed E-state index contributed by atoms with van der Waals surface area (Å²) in [7, 11) is 0. The quantitative estimate of drug-likeness (QED) is 0.940. The minimum Gasteiger partial charge on any atom is -0.337 e. The van der Waals surface area contributed by atoms with Gasteiger partial charge >= 0.3 is 0 Å². The van der Waals surface area contributed by atoms with Gasteiger partial charge in [-0.05, 0) is 43.4 Å². The predicted octanol–water partition coefficient (Wildman–Crippen LogP) is 3.41. The first kappa shape index (κ1) is 15.5. The van der Waals surface area contributed by atoms with Crippen LogP contribution in [-0.4, -0.2) is 33.9 Å². The molecular weight excluding hydrogens is 288 g/mol. The smallest absolute Gasteiger partial charge is 0.272 e. The zero-order valence-electron chi connectivity index (χ0n) is 13.5. The topological polar surface area (TPSA) is 58.1 Å². The van der Waals surface area contributed by atoms with Crippen LogP contribution in [0.1, 0.15) is 42.2 Å². The van der Waals surface area contributed by atoms with Crippen LogP contribution < -0.4 is 5.32 Å². The molecule has 0 radical (unpaired) electrons. The number of nitrogens with one attached hydrogen (secondary N) is 1. The maximum atomic E-state index is 12.5. The summed E-state index contributed by atoms with van der Waals surface area (Å²) >= 11 is 0. The number of rotatable bonds is 4. The van der Waals surface area contributed by atoms with Crippen molar-refractivity contribution in [2.75, 3.05) is 18.4 Å². The Labute approximate surface area is 136 Å². The molecule has 1 aromatic carbocycles. The molecule has 0 atom stereocenters. The molecule has 1 aromatic heterocycles. The molecule has 1 fully saturated rings. The van der Waals surface area contributed by atoms with E-state index in [1.165, 1.54) is 12.0 Å². The third-order valence-electron chi connectivity index (χ3n) is 4.16. The molecule has 1 amide bonds. The fourth-order valence-corrected chi connectivity index (χ4v) is 2.87. The van der Waals surface area contributed by atoms with Crippen molar-refractivity contribution in [3.8, 4) is 0 Å². The summed E-state index contributed by atoms with van der Waals surface area (Å²) in [5.41, 5.74) is 2.64. The molecule has 1 saturated heterocycles. The Bertz CT molecular complexity index is 680. The van der Waals surface area contributed by atoms with Crippen molar-refractivity contribution in [3.63, 3.8) is 0 Å². The van der Waals surface area contributed by atoms with Crippen LogP contribution in [0.2, 0.25) is 0 Å². The standard InChI is InChI=1S/C18H22N4O/c1-2-14-8-4-5-9-15(14)20-18-19-11-10-16(21-18)17(23)22-12-6-3-7-13-22/h4-5,8-11H,2-3,6-7,12-13H2,1H3,(H,19,20,21). The Morgan fingerprint density at radius 3 is 2.74 bits per heavy atom. The Morgan fingerprint density at radius 2 is 1.96 bits per heavy atom. The highest BCUT2D eigenvalue weighted by atomic mass is 16.2. The van der Waals surface area contributed by atoms with Gasteiger partial charge in [-0.15, -0.1) is 0 Å². The number of anilines is 2. The van der Waals surface area contributed by atoms with E-state index >= 15 is 0 Å². The van der Waals surface area contributed by atoms with Crippen LogP contribution in [0.25, 0.3) is 0 Å². The first-order valence-electron chi connectivity index (χ1n) is 8.25. The van der Waals surface area contributed by atoms with E-state index in [1.807, 2.05) is 23.1 Å². The van der Waals surface area contributed by atoms with Crippen LogP contribution in [-0.2, 0) is 6.42 Å². The van der Waals surface area contributed by atoms with E-state index in [0.29, 0.717) is 11.6 Å². The molecule has 2 heterocycles. The average Bonchev–Trinajstić information content (AvgIpc) is 2.62. The maximum Gasteiger partial charge on any atom is 0.272 e. The molecule has 3 rings (SSSR count). The van der Waals surface area contributed by atoms with Crippen LogP contribution in [0.5, 0.6) is 0 Å². The van der Waals surface area contributed by atoms with E-state index in [2.05, 4.69) is 28.3 Å². The van der Waals surface area contributed by atoms with Crippen molar-refractivity contribution in [1.82, 2.24) is 14.9 Å². The summed E-state index contributed by atoms with van der Waals surface area (Å²) < 4.78 is 0. The van der Waals surface area contributed by atoms with Crippen LogP contribution in [0, 0.1) is 0 Å². The molecule has 0 bridgehead atoms.